The molecule has 2 aromatic carbocycles. The van der Waals surface area contributed by atoms with E-state index in [9.17, 15) is 13.2 Å². The third-order valence-corrected chi connectivity index (χ3v) is 5.33. The summed E-state index contributed by atoms with van der Waals surface area (Å²) in [5, 5.41) is 2.67. The average Bonchev–Trinajstić information content (AvgIpc) is 2.53. The van der Waals surface area contributed by atoms with E-state index in [-0.39, 0.29) is 17.3 Å². The molecule has 6 nitrogen and oxygen atoms in total. The number of carbonyl (C=O) groups is 1. The van der Waals surface area contributed by atoms with Crippen molar-refractivity contribution < 1.29 is 13.2 Å². The number of nitrogens with one attached hydrogen (secondary N) is 2. The van der Waals surface area contributed by atoms with Gasteiger partial charge >= 0.3 is 0 Å². The molecule has 0 aromatic heterocycles. The first-order valence-corrected chi connectivity index (χ1v) is 9.73. The summed E-state index contributed by atoms with van der Waals surface area (Å²) in [4.78, 5) is 12.5. The van der Waals surface area contributed by atoms with Crippen LogP contribution < -0.4 is 15.8 Å². The van der Waals surface area contributed by atoms with Gasteiger partial charge in [0, 0.05) is 11.2 Å². The second kappa shape index (κ2) is 8.84. The molecule has 2 rings (SSSR count). The molecule has 8 heteroatoms. The van der Waals surface area contributed by atoms with Gasteiger partial charge < -0.3 is 11.1 Å². The molecular formula is C19H26ClN3O3S. The molecule has 0 saturated heterocycles. The van der Waals surface area contributed by atoms with E-state index in [1.54, 1.807) is 45.0 Å². The molecule has 1 amide bonds. The molecule has 0 radical (unpaired) electrons. The lowest BCUT2D eigenvalue weighted by atomic mass is 10.1. The number of hydrogen-bond acceptors (Lipinski definition) is 4. The van der Waals surface area contributed by atoms with Crippen LogP contribution in [0.25, 0.3) is 0 Å². The summed E-state index contributed by atoms with van der Waals surface area (Å²) in [7, 11) is -3.69. The van der Waals surface area contributed by atoms with Crippen molar-refractivity contribution in [3.63, 3.8) is 0 Å². The zero-order valence-electron chi connectivity index (χ0n) is 15.8. The Kier molecular flexibility index (Phi) is 7.57. The van der Waals surface area contributed by atoms with Crippen LogP contribution >= 0.6 is 12.4 Å². The van der Waals surface area contributed by atoms with Crippen LogP contribution in [0.15, 0.2) is 53.4 Å². The number of rotatable bonds is 5. The Hall–Kier alpha value is -1.93. The molecule has 1 unspecified atom stereocenters. The third kappa shape index (κ3) is 6.62. The standard InChI is InChI=1S/C19H25N3O3S.ClH/c1-13-8-10-14(11-9-13)17(20)18(23)21-15-6-5-7-16(12-15)26(24,25)22-19(2,3)4;/h5-12,17,22H,20H2,1-4H3,(H,21,23);1H. The summed E-state index contributed by atoms with van der Waals surface area (Å²) in [6.45, 7) is 7.23. The molecule has 27 heavy (non-hydrogen) atoms. The second-order valence-corrected chi connectivity index (χ2v) is 8.94. The van der Waals surface area contributed by atoms with E-state index in [1.165, 1.54) is 12.1 Å². The van der Waals surface area contributed by atoms with E-state index in [1.807, 2.05) is 19.1 Å². The summed E-state index contributed by atoms with van der Waals surface area (Å²) in [5.74, 6) is -0.410. The zero-order chi connectivity index (χ0) is 19.5. The smallest absolute Gasteiger partial charge is 0.245 e. The number of anilines is 1. The summed E-state index contributed by atoms with van der Waals surface area (Å²) < 4.78 is 27.4. The molecule has 1 atom stereocenters. The van der Waals surface area contributed by atoms with Gasteiger partial charge in [-0.15, -0.1) is 12.4 Å². The van der Waals surface area contributed by atoms with Crippen LogP contribution in [0.1, 0.15) is 37.9 Å². The molecule has 0 aliphatic rings. The molecule has 0 bridgehead atoms. The highest BCUT2D eigenvalue weighted by molar-refractivity contribution is 7.89. The second-order valence-electron chi connectivity index (χ2n) is 7.26. The van der Waals surface area contributed by atoms with Gasteiger partial charge in [-0.1, -0.05) is 35.9 Å². The maximum absolute atomic E-state index is 12.4. The van der Waals surface area contributed by atoms with Gasteiger partial charge in [0.2, 0.25) is 15.9 Å². The van der Waals surface area contributed by atoms with Gasteiger partial charge in [0.15, 0.2) is 0 Å². The number of benzene rings is 2. The van der Waals surface area contributed by atoms with Gasteiger partial charge in [-0.25, -0.2) is 13.1 Å². The van der Waals surface area contributed by atoms with Gasteiger partial charge in [0.25, 0.3) is 0 Å². The SMILES string of the molecule is Cc1ccc(C(N)C(=O)Nc2cccc(S(=O)(=O)NC(C)(C)C)c2)cc1.Cl. The van der Waals surface area contributed by atoms with Crippen LogP contribution in [0.5, 0.6) is 0 Å². The van der Waals surface area contributed by atoms with Crippen LogP contribution in [-0.2, 0) is 14.8 Å². The van der Waals surface area contributed by atoms with E-state index in [4.69, 9.17) is 5.73 Å². The van der Waals surface area contributed by atoms with E-state index in [0.717, 1.165) is 5.56 Å². The van der Waals surface area contributed by atoms with E-state index in [2.05, 4.69) is 10.0 Å². The first-order chi connectivity index (χ1) is 12.0. The van der Waals surface area contributed by atoms with Gasteiger partial charge in [0.05, 0.1) is 4.90 Å². The van der Waals surface area contributed by atoms with Gasteiger partial charge in [-0.05, 0) is 51.5 Å². The predicted molar refractivity (Wildman–Crippen MR) is 111 cm³/mol. The fourth-order valence-electron chi connectivity index (χ4n) is 2.35. The zero-order valence-corrected chi connectivity index (χ0v) is 17.4. The van der Waals surface area contributed by atoms with Crippen LogP contribution in [0.3, 0.4) is 0 Å². The number of nitrogens with two attached hydrogens (primary N) is 1. The first kappa shape index (κ1) is 23.1. The van der Waals surface area contributed by atoms with Crippen molar-refractivity contribution >= 4 is 34.0 Å². The molecule has 0 saturated carbocycles. The summed E-state index contributed by atoms with van der Waals surface area (Å²) >= 11 is 0. The van der Waals surface area contributed by atoms with Crippen LogP contribution in [0.2, 0.25) is 0 Å². The Morgan fingerprint density at radius 1 is 1.07 bits per heavy atom. The molecule has 0 fully saturated rings. The molecule has 148 valence electrons. The lowest BCUT2D eigenvalue weighted by molar-refractivity contribution is -0.117. The Bertz CT molecular complexity index is 891. The molecule has 4 N–H and O–H groups in total. The lowest BCUT2D eigenvalue weighted by Crippen LogP contribution is -2.40. The number of halogens is 1. The van der Waals surface area contributed by atoms with Crippen LogP contribution in [-0.4, -0.2) is 19.9 Å². The van der Waals surface area contributed by atoms with Gasteiger partial charge in [-0.2, -0.15) is 0 Å². The normalized spacial score (nSPS) is 12.8. The van der Waals surface area contributed by atoms with Gasteiger partial charge in [-0.3, -0.25) is 4.79 Å². The highest BCUT2D eigenvalue weighted by Gasteiger charge is 2.22. The molecule has 0 heterocycles. The maximum Gasteiger partial charge on any atom is 0.245 e. The van der Waals surface area contributed by atoms with Crippen molar-refractivity contribution in [2.75, 3.05) is 5.32 Å². The Morgan fingerprint density at radius 3 is 2.22 bits per heavy atom. The highest BCUT2D eigenvalue weighted by atomic mass is 35.5. The maximum atomic E-state index is 12.4. The molecule has 0 aliphatic carbocycles. The minimum absolute atomic E-state index is 0. The van der Waals surface area contributed by atoms with Gasteiger partial charge in [0.1, 0.15) is 6.04 Å². The Balaban J connectivity index is 0.00000364. The monoisotopic (exact) mass is 411 g/mol. The number of amides is 1. The van der Waals surface area contributed by atoms with Crippen LogP contribution in [0, 0.1) is 6.92 Å². The topological polar surface area (TPSA) is 101 Å². The molecule has 0 aliphatic heterocycles. The predicted octanol–water partition coefficient (Wildman–Crippen LogP) is 3.13. The number of aryl methyl sites for hydroxylation is 1. The largest absolute Gasteiger partial charge is 0.324 e. The van der Waals surface area contributed by atoms with Crippen molar-refractivity contribution in [1.82, 2.24) is 4.72 Å². The number of carbonyl (C=O) groups excluding carboxylic acids is 1. The van der Waals surface area contributed by atoms with E-state index >= 15 is 0 Å². The fraction of sp³-hybridized carbons (Fsp3) is 0.316. The third-order valence-electron chi connectivity index (χ3n) is 3.57. The minimum Gasteiger partial charge on any atom is -0.324 e. The molecular weight excluding hydrogens is 386 g/mol. The molecule has 2 aromatic rings. The Morgan fingerprint density at radius 2 is 1.67 bits per heavy atom. The van der Waals surface area contributed by atoms with Crippen LogP contribution in [0.4, 0.5) is 5.69 Å². The highest BCUT2D eigenvalue weighted by Crippen LogP contribution is 2.19. The van der Waals surface area contributed by atoms with Crippen molar-refractivity contribution in [1.29, 1.82) is 0 Å². The fourth-order valence-corrected chi connectivity index (χ4v) is 3.81. The minimum atomic E-state index is -3.69. The number of sulfonamides is 1. The summed E-state index contributed by atoms with van der Waals surface area (Å²) in [6.07, 6.45) is 0. The van der Waals surface area contributed by atoms with Crippen molar-refractivity contribution in [2.24, 2.45) is 5.73 Å². The first-order valence-electron chi connectivity index (χ1n) is 8.25. The Labute approximate surface area is 167 Å². The van der Waals surface area contributed by atoms with Crippen molar-refractivity contribution in [2.45, 2.75) is 44.2 Å². The van der Waals surface area contributed by atoms with Crippen molar-refractivity contribution in [3.8, 4) is 0 Å². The lowest BCUT2D eigenvalue weighted by Gasteiger charge is -2.20. The molecule has 0 spiro atoms. The van der Waals surface area contributed by atoms with Crippen molar-refractivity contribution in [3.05, 3.63) is 59.7 Å². The quantitative estimate of drug-likeness (QED) is 0.703. The summed E-state index contributed by atoms with van der Waals surface area (Å²) in [5.41, 5.74) is 7.53. The van der Waals surface area contributed by atoms with E-state index < -0.39 is 27.5 Å². The average molecular weight is 412 g/mol. The van der Waals surface area contributed by atoms with E-state index in [0.29, 0.717) is 11.3 Å². The number of hydrogen-bond donors (Lipinski definition) is 3. The summed E-state index contributed by atoms with van der Waals surface area (Å²) in [6, 6.07) is 12.6.